The van der Waals surface area contributed by atoms with Crippen molar-refractivity contribution in [3.05, 3.63) is 34.9 Å². The number of aryl methyl sites for hydroxylation is 2. The van der Waals surface area contributed by atoms with Crippen LogP contribution in [0.25, 0.3) is 0 Å². The lowest BCUT2D eigenvalue weighted by atomic mass is 10.1. The number of hydrogen-bond donors (Lipinski definition) is 1. The molecule has 0 spiro atoms. The van der Waals surface area contributed by atoms with Gasteiger partial charge in [0.2, 0.25) is 0 Å². The number of carbonyl (C=O) groups is 1. The van der Waals surface area contributed by atoms with Crippen molar-refractivity contribution in [2.45, 2.75) is 40.5 Å². The molecule has 0 unspecified atom stereocenters. The summed E-state index contributed by atoms with van der Waals surface area (Å²) in [6, 6.07) is 5.77. The van der Waals surface area contributed by atoms with Gasteiger partial charge >= 0.3 is 0 Å². The summed E-state index contributed by atoms with van der Waals surface area (Å²) in [7, 11) is 3.52. The van der Waals surface area contributed by atoms with Gasteiger partial charge in [-0.25, -0.2) is 0 Å². The zero-order valence-corrected chi connectivity index (χ0v) is 13.9. The Morgan fingerprint density at radius 2 is 1.60 bits per heavy atom. The van der Waals surface area contributed by atoms with Crippen LogP contribution in [-0.2, 0) is 0 Å². The van der Waals surface area contributed by atoms with E-state index in [1.165, 1.54) is 31.5 Å². The molecule has 114 valence electrons. The Bertz CT molecular complexity index is 396. The van der Waals surface area contributed by atoms with Crippen LogP contribution in [0.3, 0.4) is 0 Å². The second kappa shape index (κ2) is 10.4. The fourth-order valence-electron chi connectivity index (χ4n) is 1.61. The largest absolute Gasteiger partial charge is 0.345 e. The minimum Gasteiger partial charge on any atom is -0.345 e. The van der Waals surface area contributed by atoms with E-state index in [1.54, 1.807) is 19.0 Å². The van der Waals surface area contributed by atoms with Crippen LogP contribution in [0, 0.1) is 13.8 Å². The highest BCUT2D eigenvalue weighted by atomic mass is 16.2. The minimum atomic E-state index is 0.0584. The zero-order chi connectivity index (χ0) is 15.5. The number of nitrogens with zero attached hydrogens (tertiary/aromatic N) is 1. The molecule has 0 aromatic heterocycles. The van der Waals surface area contributed by atoms with E-state index in [-0.39, 0.29) is 5.91 Å². The molecular formula is C17H30N2O. The van der Waals surface area contributed by atoms with Gasteiger partial charge in [-0.15, -0.1) is 0 Å². The van der Waals surface area contributed by atoms with Crippen molar-refractivity contribution in [2.75, 3.05) is 27.2 Å². The molecule has 0 aliphatic rings. The molecule has 3 heteroatoms. The molecule has 0 radical (unpaired) electrons. The van der Waals surface area contributed by atoms with E-state index >= 15 is 0 Å². The van der Waals surface area contributed by atoms with Crippen molar-refractivity contribution in [2.24, 2.45) is 0 Å². The fraction of sp³-hybridized carbons (Fsp3) is 0.588. The van der Waals surface area contributed by atoms with Crippen LogP contribution < -0.4 is 5.32 Å². The first-order valence-electron chi connectivity index (χ1n) is 7.43. The van der Waals surface area contributed by atoms with Gasteiger partial charge in [0.25, 0.3) is 5.91 Å². The maximum Gasteiger partial charge on any atom is 0.253 e. The number of amides is 1. The number of rotatable bonds is 5. The molecule has 1 aromatic carbocycles. The highest BCUT2D eigenvalue weighted by molar-refractivity contribution is 5.94. The Labute approximate surface area is 124 Å². The van der Waals surface area contributed by atoms with Crippen LogP contribution in [0.5, 0.6) is 0 Å². The molecule has 1 aromatic rings. The molecule has 20 heavy (non-hydrogen) atoms. The summed E-state index contributed by atoms with van der Waals surface area (Å²) in [5.41, 5.74) is 3.14. The maximum atomic E-state index is 11.5. The van der Waals surface area contributed by atoms with Crippen molar-refractivity contribution in [3.63, 3.8) is 0 Å². The van der Waals surface area contributed by atoms with Crippen LogP contribution in [-0.4, -0.2) is 38.0 Å². The first-order valence-corrected chi connectivity index (χ1v) is 7.43. The van der Waals surface area contributed by atoms with Gasteiger partial charge in [-0.2, -0.15) is 0 Å². The summed E-state index contributed by atoms with van der Waals surface area (Å²) >= 11 is 0. The molecule has 0 aliphatic carbocycles. The molecule has 3 nitrogen and oxygen atoms in total. The topological polar surface area (TPSA) is 32.3 Å². The van der Waals surface area contributed by atoms with Crippen molar-refractivity contribution in [1.82, 2.24) is 10.2 Å². The quantitative estimate of drug-likeness (QED) is 0.837. The first-order chi connectivity index (χ1) is 9.43. The highest BCUT2D eigenvalue weighted by Gasteiger charge is 2.07. The van der Waals surface area contributed by atoms with E-state index in [4.69, 9.17) is 0 Å². The van der Waals surface area contributed by atoms with Gasteiger partial charge in [0.05, 0.1) is 0 Å². The maximum absolute atomic E-state index is 11.5. The summed E-state index contributed by atoms with van der Waals surface area (Å²) in [5.74, 6) is 0.0584. The first kappa shape index (κ1) is 18.7. The normalized spacial score (nSPS) is 9.70. The average Bonchev–Trinajstić information content (AvgIpc) is 2.42. The molecule has 0 heterocycles. The van der Waals surface area contributed by atoms with Crippen molar-refractivity contribution < 1.29 is 4.79 Å². The number of nitrogens with one attached hydrogen (secondary N) is 1. The van der Waals surface area contributed by atoms with E-state index in [0.717, 1.165) is 11.1 Å². The minimum absolute atomic E-state index is 0.0584. The Morgan fingerprint density at radius 1 is 1.05 bits per heavy atom. The molecule has 0 atom stereocenters. The number of carbonyl (C=O) groups excluding carboxylic acids is 1. The van der Waals surface area contributed by atoms with Crippen molar-refractivity contribution in [3.8, 4) is 0 Å². The molecule has 0 fully saturated rings. The third kappa shape index (κ3) is 7.29. The summed E-state index contributed by atoms with van der Waals surface area (Å²) in [6.07, 6.45) is 2.50. The summed E-state index contributed by atoms with van der Waals surface area (Å²) < 4.78 is 0. The van der Waals surface area contributed by atoms with E-state index < -0.39 is 0 Å². The molecule has 0 bridgehead atoms. The second-order valence-electron chi connectivity index (χ2n) is 5.25. The van der Waals surface area contributed by atoms with Gasteiger partial charge in [0, 0.05) is 19.7 Å². The molecular weight excluding hydrogens is 248 g/mol. The van der Waals surface area contributed by atoms with E-state index in [0.29, 0.717) is 0 Å². The van der Waals surface area contributed by atoms with Gasteiger partial charge in [0.1, 0.15) is 0 Å². The van der Waals surface area contributed by atoms with Gasteiger partial charge in [-0.3, -0.25) is 4.79 Å². The van der Waals surface area contributed by atoms with Gasteiger partial charge in [-0.1, -0.05) is 19.9 Å². The molecule has 1 rings (SSSR count). The van der Waals surface area contributed by atoms with Crippen LogP contribution in [0.1, 0.15) is 48.2 Å². The highest BCUT2D eigenvalue weighted by Crippen LogP contribution is 2.10. The van der Waals surface area contributed by atoms with Gasteiger partial charge in [-0.05, 0) is 63.0 Å². The summed E-state index contributed by atoms with van der Waals surface area (Å²) in [4.78, 5) is 13.1. The molecule has 0 saturated heterocycles. The van der Waals surface area contributed by atoms with E-state index in [9.17, 15) is 4.79 Å². The lowest BCUT2D eigenvalue weighted by Crippen LogP contribution is -2.21. The van der Waals surface area contributed by atoms with Crippen molar-refractivity contribution >= 4 is 5.91 Å². The lowest BCUT2D eigenvalue weighted by molar-refractivity contribution is 0.0827. The predicted octanol–water partition coefficient (Wildman–Crippen LogP) is 3.40. The monoisotopic (exact) mass is 278 g/mol. The lowest BCUT2D eigenvalue weighted by Gasteiger charge is -2.11. The zero-order valence-electron chi connectivity index (χ0n) is 13.9. The third-order valence-corrected chi connectivity index (χ3v) is 3.01. The molecule has 1 N–H and O–H groups in total. The second-order valence-corrected chi connectivity index (χ2v) is 5.25. The van der Waals surface area contributed by atoms with E-state index in [1.807, 2.05) is 32.0 Å². The molecule has 0 saturated carbocycles. The smallest absolute Gasteiger partial charge is 0.253 e. The average molecular weight is 278 g/mol. The SMILES string of the molecule is CCCNCCC.Cc1ccc(C(=O)N(C)C)cc1C. The van der Waals surface area contributed by atoms with Gasteiger partial charge < -0.3 is 10.2 Å². The van der Waals surface area contributed by atoms with Gasteiger partial charge in [0.15, 0.2) is 0 Å². The van der Waals surface area contributed by atoms with Crippen LogP contribution in [0.2, 0.25) is 0 Å². The third-order valence-electron chi connectivity index (χ3n) is 3.01. The van der Waals surface area contributed by atoms with Crippen LogP contribution in [0.15, 0.2) is 18.2 Å². The predicted molar refractivity (Wildman–Crippen MR) is 87.4 cm³/mol. The van der Waals surface area contributed by atoms with E-state index in [2.05, 4.69) is 19.2 Å². The Morgan fingerprint density at radius 3 is 2.00 bits per heavy atom. The standard InChI is InChI=1S/C11H15NO.C6H15N/c1-8-5-6-10(7-9(8)2)11(13)12(3)4;1-3-5-7-6-4-2/h5-7H,1-4H3;7H,3-6H2,1-2H3. The van der Waals surface area contributed by atoms with Crippen LogP contribution in [0.4, 0.5) is 0 Å². The van der Waals surface area contributed by atoms with Crippen molar-refractivity contribution in [1.29, 1.82) is 0 Å². The Hall–Kier alpha value is -1.35. The summed E-state index contributed by atoms with van der Waals surface area (Å²) in [6.45, 7) is 10.8. The molecule has 0 aliphatic heterocycles. The fourth-order valence-corrected chi connectivity index (χ4v) is 1.61. The molecule has 1 amide bonds. The van der Waals surface area contributed by atoms with Crippen LogP contribution >= 0.6 is 0 Å². The number of benzene rings is 1. The number of hydrogen-bond acceptors (Lipinski definition) is 2. The Kier molecular flexibility index (Phi) is 9.73. The summed E-state index contributed by atoms with van der Waals surface area (Å²) in [5, 5.41) is 3.28. The Balaban J connectivity index is 0.000000441.